The summed E-state index contributed by atoms with van der Waals surface area (Å²) in [7, 11) is -3.59. The van der Waals surface area contributed by atoms with Crippen molar-refractivity contribution in [3.05, 3.63) is 29.7 Å². The Morgan fingerprint density at radius 1 is 1.44 bits per heavy atom. The van der Waals surface area contributed by atoms with Crippen LogP contribution in [0.1, 0.15) is 26.7 Å². The van der Waals surface area contributed by atoms with E-state index < -0.39 is 21.9 Å². The molecule has 7 nitrogen and oxygen atoms in total. The van der Waals surface area contributed by atoms with Crippen LogP contribution in [0.3, 0.4) is 0 Å². The first-order chi connectivity index (χ1) is 12.8. The molecule has 0 bridgehead atoms. The molecule has 0 aliphatic carbocycles. The Morgan fingerprint density at radius 2 is 2.19 bits per heavy atom. The van der Waals surface area contributed by atoms with Gasteiger partial charge in [-0.25, -0.2) is 8.42 Å². The molecule has 1 amide bonds. The third-order valence-corrected chi connectivity index (χ3v) is 7.58. The number of carbonyl (C=O) groups excluding carboxylic acids is 2. The SMILES string of the molecule is C=C(C)CN(CC)C(=O)COC(=O)C1CCCN(S(=O)(=O)c2cccs2)C1. The van der Waals surface area contributed by atoms with Crippen LogP contribution >= 0.6 is 11.3 Å². The molecule has 9 heteroatoms. The van der Waals surface area contributed by atoms with Crippen molar-refractivity contribution in [1.82, 2.24) is 9.21 Å². The number of carbonyl (C=O) groups is 2. The minimum Gasteiger partial charge on any atom is -0.455 e. The second-order valence-electron chi connectivity index (χ2n) is 6.61. The summed E-state index contributed by atoms with van der Waals surface area (Å²) in [5.41, 5.74) is 0.846. The fourth-order valence-corrected chi connectivity index (χ4v) is 5.60. The zero-order valence-corrected chi connectivity index (χ0v) is 17.4. The second kappa shape index (κ2) is 9.48. The Hall–Kier alpha value is -1.71. The van der Waals surface area contributed by atoms with Crippen molar-refractivity contribution in [2.24, 2.45) is 5.92 Å². The molecular formula is C18H26N2O5S2. The number of ether oxygens (including phenoxy) is 1. The number of esters is 1. The Morgan fingerprint density at radius 3 is 2.78 bits per heavy atom. The lowest BCUT2D eigenvalue weighted by Gasteiger charge is -2.30. The summed E-state index contributed by atoms with van der Waals surface area (Å²) in [6.07, 6.45) is 1.13. The number of nitrogens with zero attached hydrogens (tertiary/aromatic N) is 2. The molecule has 1 aliphatic heterocycles. The Bertz CT molecular complexity index is 774. The van der Waals surface area contributed by atoms with Crippen molar-refractivity contribution in [3.8, 4) is 0 Å². The van der Waals surface area contributed by atoms with E-state index in [9.17, 15) is 18.0 Å². The minimum absolute atomic E-state index is 0.0799. The maximum atomic E-state index is 12.6. The maximum absolute atomic E-state index is 12.6. The molecule has 0 spiro atoms. The first-order valence-corrected chi connectivity index (χ1v) is 11.2. The highest BCUT2D eigenvalue weighted by Gasteiger charge is 2.34. The largest absolute Gasteiger partial charge is 0.455 e. The van der Waals surface area contributed by atoms with Gasteiger partial charge in [0.15, 0.2) is 6.61 Å². The van der Waals surface area contributed by atoms with Crippen molar-refractivity contribution in [3.63, 3.8) is 0 Å². The van der Waals surface area contributed by atoms with Crippen LogP contribution in [0, 0.1) is 5.92 Å². The van der Waals surface area contributed by atoms with E-state index in [1.54, 1.807) is 22.4 Å². The van der Waals surface area contributed by atoms with Gasteiger partial charge >= 0.3 is 5.97 Å². The van der Waals surface area contributed by atoms with Crippen LogP contribution in [-0.4, -0.2) is 62.3 Å². The van der Waals surface area contributed by atoms with Crippen LogP contribution in [0.5, 0.6) is 0 Å². The highest BCUT2D eigenvalue weighted by molar-refractivity contribution is 7.91. The molecule has 2 heterocycles. The van der Waals surface area contributed by atoms with Gasteiger partial charge in [-0.15, -0.1) is 11.3 Å². The lowest BCUT2D eigenvalue weighted by molar-refractivity contribution is -0.156. The standard InChI is InChI=1S/C18H26N2O5S2/c1-4-19(11-14(2)3)16(21)13-25-18(22)15-7-5-9-20(12-15)27(23,24)17-8-6-10-26-17/h6,8,10,15H,2,4-5,7,9,11-13H2,1,3H3. The quantitative estimate of drug-likeness (QED) is 0.481. The molecular weight excluding hydrogens is 388 g/mol. The summed E-state index contributed by atoms with van der Waals surface area (Å²) in [5, 5.41) is 1.71. The number of piperidine rings is 1. The average Bonchev–Trinajstić information content (AvgIpc) is 3.19. The van der Waals surface area contributed by atoms with Crippen LogP contribution in [-0.2, 0) is 24.3 Å². The number of thiophene rings is 1. The van der Waals surface area contributed by atoms with Crippen LogP contribution in [0.4, 0.5) is 0 Å². The van der Waals surface area contributed by atoms with E-state index in [4.69, 9.17) is 4.74 Å². The molecule has 1 atom stereocenters. The first-order valence-electron chi connectivity index (χ1n) is 8.88. The number of amides is 1. The molecule has 2 rings (SSSR count). The minimum atomic E-state index is -3.59. The van der Waals surface area contributed by atoms with Gasteiger partial charge < -0.3 is 9.64 Å². The molecule has 1 aromatic heterocycles. The number of hydrogen-bond acceptors (Lipinski definition) is 6. The molecule has 0 N–H and O–H groups in total. The Balaban J connectivity index is 1.93. The first kappa shape index (κ1) is 21.6. The summed E-state index contributed by atoms with van der Waals surface area (Å²) in [5.74, 6) is -1.37. The van der Waals surface area contributed by atoms with Gasteiger partial charge in [0, 0.05) is 26.2 Å². The molecule has 0 saturated carbocycles. The third-order valence-electron chi connectivity index (χ3n) is 4.34. The summed E-state index contributed by atoms with van der Waals surface area (Å²) in [6.45, 7) is 8.49. The fraction of sp³-hybridized carbons (Fsp3) is 0.556. The predicted octanol–water partition coefficient (Wildman–Crippen LogP) is 2.12. The monoisotopic (exact) mass is 414 g/mol. The normalized spacial score (nSPS) is 18.1. The van der Waals surface area contributed by atoms with E-state index >= 15 is 0 Å². The highest BCUT2D eigenvalue weighted by Crippen LogP contribution is 2.26. The van der Waals surface area contributed by atoms with Crippen LogP contribution in [0.25, 0.3) is 0 Å². The van der Waals surface area contributed by atoms with Crippen molar-refractivity contribution < 1.29 is 22.7 Å². The molecule has 27 heavy (non-hydrogen) atoms. The second-order valence-corrected chi connectivity index (χ2v) is 9.72. The van der Waals surface area contributed by atoms with Crippen molar-refractivity contribution >= 4 is 33.2 Å². The van der Waals surface area contributed by atoms with Gasteiger partial charge in [-0.3, -0.25) is 9.59 Å². The van der Waals surface area contributed by atoms with E-state index in [-0.39, 0.29) is 23.3 Å². The van der Waals surface area contributed by atoms with E-state index in [1.165, 1.54) is 4.31 Å². The Kier molecular flexibility index (Phi) is 7.58. The molecule has 0 aromatic carbocycles. The zero-order chi connectivity index (χ0) is 20.0. The van der Waals surface area contributed by atoms with Gasteiger partial charge in [0.25, 0.3) is 15.9 Å². The summed E-state index contributed by atoms with van der Waals surface area (Å²) >= 11 is 1.15. The molecule has 1 aromatic rings. The summed E-state index contributed by atoms with van der Waals surface area (Å²) < 4.78 is 32.0. The van der Waals surface area contributed by atoms with Gasteiger partial charge in [0.2, 0.25) is 0 Å². The van der Waals surface area contributed by atoms with E-state index in [1.807, 2.05) is 13.8 Å². The van der Waals surface area contributed by atoms with Gasteiger partial charge in [0.1, 0.15) is 4.21 Å². The average molecular weight is 415 g/mol. The van der Waals surface area contributed by atoms with E-state index in [2.05, 4.69) is 6.58 Å². The molecule has 1 unspecified atom stereocenters. The third kappa shape index (κ3) is 5.63. The summed E-state index contributed by atoms with van der Waals surface area (Å²) in [4.78, 5) is 26.1. The number of hydrogen-bond donors (Lipinski definition) is 0. The number of sulfonamides is 1. The lowest BCUT2D eigenvalue weighted by atomic mass is 10.00. The predicted molar refractivity (Wildman–Crippen MR) is 104 cm³/mol. The van der Waals surface area contributed by atoms with Crippen molar-refractivity contribution in [2.75, 3.05) is 32.8 Å². The molecule has 150 valence electrons. The Labute approximate surface area is 164 Å². The molecule has 1 fully saturated rings. The number of likely N-dealkylation sites (N-methyl/N-ethyl adjacent to an activating group) is 1. The maximum Gasteiger partial charge on any atom is 0.310 e. The van der Waals surface area contributed by atoms with Crippen LogP contribution in [0.2, 0.25) is 0 Å². The smallest absolute Gasteiger partial charge is 0.310 e. The number of rotatable bonds is 8. The molecule has 0 radical (unpaired) electrons. The van der Waals surface area contributed by atoms with Gasteiger partial charge in [0.05, 0.1) is 5.92 Å². The van der Waals surface area contributed by atoms with E-state index in [0.717, 1.165) is 16.9 Å². The van der Waals surface area contributed by atoms with Crippen LogP contribution < -0.4 is 0 Å². The van der Waals surface area contributed by atoms with Crippen LogP contribution in [0.15, 0.2) is 33.9 Å². The van der Waals surface area contributed by atoms with Crippen molar-refractivity contribution in [1.29, 1.82) is 0 Å². The van der Waals surface area contributed by atoms with Gasteiger partial charge in [-0.2, -0.15) is 4.31 Å². The highest BCUT2D eigenvalue weighted by atomic mass is 32.2. The fourth-order valence-electron chi connectivity index (χ4n) is 2.93. The molecule has 1 aliphatic rings. The van der Waals surface area contributed by atoms with Gasteiger partial charge in [-0.1, -0.05) is 18.2 Å². The lowest BCUT2D eigenvalue weighted by Crippen LogP contribution is -2.43. The van der Waals surface area contributed by atoms with Crippen molar-refractivity contribution in [2.45, 2.75) is 30.9 Å². The molecule has 1 saturated heterocycles. The zero-order valence-electron chi connectivity index (χ0n) is 15.7. The topological polar surface area (TPSA) is 84.0 Å². The van der Waals surface area contributed by atoms with Gasteiger partial charge in [-0.05, 0) is 38.1 Å². The van der Waals surface area contributed by atoms with E-state index in [0.29, 0.717) is 32.5 Å². The summed E-state index contributed by atoms with van der Waals surface area (Å²) in [6, 6.07) is 3.24.